The van der Waals surface area contributed by atoms with Crippen molar-refractivity contribution in [1.82, 2.24) is 19.5 Å². The number of benzene rings is 8. The molecule has 0 aliphatic carbocycles. The van der Waals surface area contributed by atoms with Gasteiger partial charge in [-0.1, -0.05) is 133 Å². The molecule has 4 aromatic heterocycles. The van der Waals surface area contributed by atoms with Crippen LogP contribution in [0.1, 0.15) is 0 Å². The van der Waals surface area contributed by atoms with E-state index < -0.39 is 0 Å². The molecule has 57 heavy (non-hydrogen) atoms. The molecule has 0 fully saturated rings. The molecule has 0 spiro atoms. The highest BCUT2D eigenvalue weighted by molar-refractivity contribution is 7.26. The highest BCUT2D eigenvalue weighted by Gasteiger charge is 2.21. The number of hydrogen-bond acceptors (Lipinski definition) is 5. The van der Waals surface area contributed by atoms with E-state index in [4.69, 9.17) is 15.0 Å². The Balaban J connectivity index is 1.11. The monoisotopic (exact) mass is 762 g/mol. The van der Waals surface area contributed by atoms with Gasteiger partial charge in [0, 0.05) is 73.5 Å². The number of nitrogens with zero attached hydrogens (tertiary/aromatic N) is 4. The van der Waals surface area contributed by atoms with Crippen LogP contribution >= 0.6 is 22.7 Å². The first-order valence-electron chi connectivity index (χ1n) is 19.0. The van der Waals surface area contributed by atoms with E-state index in [0.717, 1.165) is 22.4 Å². The van der Waals surface area contributed by atoms with Crippen LogP contribution in [0, 0.1) is 0 Å². The number of para-hydroxylation sites is 2. The standard InChI is InChI=1S/C51H30N4S2/c1-3-14-31(15-4-1)49-52-50(32-16-5-2-6-17-32)54-51(53-49)38-22-13-27-45-48(38)47-37(21-12-26-44(47)57-45)36-20-11-25-43-46(36)39-30-33(28-29-42(39)56-43)55-40-23-9-7-18-34(40)35-19-8-10-24-41(35)55/h1-30H. The van der Waals surface area contributed by atoms with Crippen molar-refractivity contribution in [3.63, 3.8) is 0 Å². The molecule has 0 N–H and O–H groups in total. The largest absolute Gasteiger partial charge is 0.309 e. The minimum atomic E-state index is 0.657. The van der Waals surface area contributed by atoms with Gasteiger partial charge < -0.3 is 4.57 Å². The van der Waals surface area contributed by atoms with E-state index in [1.165, 1.54) is 73.3 Å². The zero-order valence-corrected chi connectivity index (χ0v) is 32.1. The van der Waals surface area contributed by atoms with Crippen LogP contribution in [0.4, 0.5) is 0 Å². The number of thiophene rings is 2. The van der Waals surface area contributed by atoms with Gasteiger partial charge in [0.1, 0.15) is 0 Å². The summed E-state index contributed by atoms with van der Waals surface area (Å²) < 4.78 is 7.40. The van der Waals surface area contributed by atoms with Crippen molar-refractivity contribution in [2.45, 2.75) is 0 Å². The number of hydrogen-bond donors (Lipinski definition) is 0. The molecule has 0 aliphatic rings. The van der Waals surface area contributed by atoms with Gasteiger partial charge >= 0.3 is 0 Å². The normalized spacial score (nSPS) is 11.9. The van der Waals surface area contributed by atoms with E-state index >= 15 is 0 Å². The fraction of sp³-hybridized carbons (Fsp3) is 0. The third-order valence-electron chi connectivity index (χ3n) is 11.1. The summed E-state index contributed by atoms with van der Waals surface area (Å²) >= 11 is 3.68. The van der Waals surface area contributed by atoms with Crippen molar-refractivity contribution < 1.29 is 0 Å². The number of rotatable bonds is 5. The van der Waals surface area contributed by atoms with Gasteiger partial charge in [-0.15, -0.1) is 22.7 Å². The lowest BCUT2D eigenvalue weighted by Crippen LogP contribution is -2.00. The molecule has 266 valence electrons. The van der Waals surface area contributed by atoms with Gasteiger partial charge in [0.25, 0.3) is 0 Å². The Hall–Kier alpha value is -6.99. The van der Waals surface area contributed by atoms with Crippen LogP contribution in [-0.2, 0) is 0 Å². The highest BCUT2D eigenvalue weighted by Crippen LogP contribution is 2.48. The molecule has 4 nitrogen and oxygen atoms in total. The lowest BCUT2D eigenvalue weighted by atomic mass is 9.94. The Morgan fingerprint density at radius 1 is 0.333 bits per heavy atom. The van der Waals surface area contributed by atoms with Gasteiger partial charge in [0.15, 0.2) is 17.5 Å². The summed E-state index contributed by atoms with van der Waals surface area (Å²) in [5, 5.41) is 7.46. The van der Waals surface area contributed by atoms with E-state index in [2.05, 4.69) is 150 Å². The molecule has 0 unspecified atom stereocenters. The van der Waals surface area contributed by atoms with Crippen molar-refractivity contribution in [2.24, 2.45) is 0 Å². The summed E-state index contributed by atoms with van der Waals surface area (Å²) in [6.07, 6.45) is 0. The van der Waals surface area contributed by atoms with Crippen molar-refractivity contribution in [3.05, 3.63) is 182 Å². The summed E-state index contributed by atoms with van der Waals surface area (Å²) in [5.74, 6) is 1.98. The average Bonchev–Trinajstić information content (AvgIpc) is 3.96. The summed E-state index contributed by atoms with van der Waals surface area (Å²) in [7, 11) is 0. The molecule has 6 heteroatoms. The van der Waals surface area contributed by atoms with E-state index in [9.17, 15) is 0 Å². The molecule has 0 saturated heterocycles. The maximum absolute atomic E-state index is 5.18. The van der Waals surface area contributed by atoms with Crippen LogP contribution in [0.25, 0.3) is 113 Å². The van der Waals surface area contributed by atoms with Gasteiger partial charge in [-0.2, -0.15) is 0 Å². The molecule has 12 aromatic rings. The second kappa shape index (κ2) is 12.8. The summed E-state index contributed by atoms with van der Waals surface area (Å²) in [5.41, 5.74) is 8.93. The van der Waals surface area contributed by atoms with Crippen LogP contribution in [-0.4, -0.2) is 19.5 Å². The fourth-order valence-electron chi connectivity index (χ4n) is 8.59. The predicted molar refractivity (Wildman–Crippen MR) is 242 cm³/mol. The fourth-order valence-corrected chi connectivity index (χ4v) is 10.9. The lowest BCUT2D eigenvalue weighted by molar-refractivity contribution is 1.08. The Morgan fingerprint density at radius 3 is 1.42 bits per heavy atom. The van der Waals surface area contributed by atoms with Crippen molar-refractivity contribution in [2.75, 3.05) is 0 Å². The third-order valence-corrected chi connectivity index (χ3v) is 13.3. The summed E-state index contributed by atoms with van der Waals surface area (Å²) in [4.78, 5) is 15.4. The van der Waals surface area contributed by atoms with Gasteiger partial charge in [0.05, 0.1) is 11.0 Å². The maximum Gasteiger partial charge on any atom is 0.164 e. The van der Waals surface area contributed by atoms with Crippen LogP contribution in [0.15, 0.2) is 182 Å². The van der Waals surface area contributed by atoms with Crippen LogP contribution < -0.4 is 0 Å². The SMILES string of the molecule is c1ccc(-c2nc(-c3ccccc3)nc(-c3cccc4sc5cccc(-c6cccc7sc8ccc(-n9c%10ccccc%10c%10ccccc%109)cc8c67)c5c34)n2)cc1. The summed E-state index contributed by atoms with van der Waals surface area (Å²) in [6, 6.07) is 64.9. The van der Waals surface area contributed by atoms with Gasteiger partial charge in [0.2, 0.25) is 0 Å². The third kappa shape index (κ3) is 5.08. The van der Waals surface area contributed by atoms with Crippen LogP contribution in [0.2, 0.25) is 0 Å². The predicted octanol–water partition coefficient (Wildman–Crippen LogP) is 14.4. The molecule has 0 aliphatic heterocycles. The molecule has 0 radical (unpaired) electrons. The molecule has 0 bridgehead atoms. The minimum absolute atomic E-state index is 0.657. The van der Waals surface area contributed by atoms with Crippen molar-refractivity contribution in [1.29, 1.82) is 0 Å². The Morgan fingerprint density at radius 2 is 0.807 bits per heavy atom. The van der Waals surface area contributed by atoms with Gasteiger partial charge in [-0.25, -0.2) is 15.0 Å². The van der Waals surface area contributed by atoms with Gasteiger partial charge in [-0.05, 0) is 59.7 Å². The zero-order chi connectivity index (χ0) is 37.5. The molecule has 8 aromatic carbocycles. The maximum atomic E-state index is 5.18. The number of fused-ring (bicyclic) bond motifs is 9. The molecule has 0 atom stereocenters. The van der Waals surface area contributed by atoms with Crippen LogP contribution in [0.3, 0.4) is 0 Å². The lowest BCUT2D eigenvalue weighted by Gasteiger charge is -2.12. The average molecular weight is 763 g/mol. The van der Waals surface area contributed by atoms with Crippen molar-refractivity contribution >= 4 is 84.8 Å². The smallest absolute Gasteiger partial charge is 0.164 e. The Bertz CT molecular complexity index is 3410. The first-order valence-corrected chi connectivity index (χ1v) is 20.7. The van der Waals surface area contributed by atoms with Crippen LogP contribution in [0.5, 0.6) is 0 Å². The van der Waals surface area contributed by atoms with E-state index in [1.807, 2.05) is 59.1 Å². The van der Waals surface area contributed by atoms with E-state index in [0.29, 0.717) is 17.5 Å². The van der Waals surface area contributed by atoms with Crippen molar-refractivity contribution in [3.8, 4) is 51.0 Å². The number of aromatic nitrogens is 4. The first kappa shape index (κ1) is 32.3. The quantitative estimate of drug-likeness (QED) is 0.175. The highest BCUT2D eigenvalue weighted by atomic mass is 32.1. The molecular weight excluding hydrogens is 733 g/mol. The summed E-state index contributed by atoms with van der Waals surface area (Å²) in [6.45, 7) is 0. The Kier molecular flexibility index (Phi) is 7.24. The second-order valence-electron chi connectivity index (χ2n) is 14.3. The molecular formula is C51H30N4S2. The molecule has 0 amide bonds. The minimum Gasteiger partial charge on any atom is -0.309 e. The van der Waals surface area contributed by atoms with E-state index in [-0.39, 0.29) is 0 Å². The second-order valence-corrected chi connectivity index (χ2v) is 16.5. The van der Waals surface area contributed by atoms with E-state index in [1.54, 1.807) is 0 Å². The molecule has 4 heterocycles. The topological polar surface area (TPSA) is 43.6 Å². The first-order chi connectivity index (χ1) is 28.3. The zero-order valence-electron chi connectivity index (χ0n) is 30.4. The molecule has 12 rings (SSSR count). The van der Waals surface area contributed by atoms with Gasteiger partial charge in [-0.3, -0.25) is 0 Å². The Labute approximate surface area is 335 Å². The molecule has 0 saturated carbocycles.